The summed E-state index contributed by atoms with van der Waals surface area (Å²) in [6, 6.07) is 19.3. The molecule has 3 aromatic rings. The van der Waals surface area contributed by atoms with Crippen molar-refractivity contribution in [1.29, 1.82) is 0 Å². The fourth-order valence-electron chi connectivity index (χ4n) is 5.51. The highest BCUT2D eigenvalue weighted by Crippen LogP contribution is 2.49. The lowest BCUT2D eigenvalue weighted by Gasteiger charge is -2.37. The minimum absolute atomic E-state index is 0.118. The normalized spacial score (nSPS) is 18.0. The smallest absolute Gasteiger partial charge is 0.269 e. The monoisotopic (exact) mass is 523 g/mol. The Morgan fingerprint density at radius 1 is 1.00 bits per heavy atom. The lowest BCUT2D eigenvalue weighted by Crippen LogP contribution is -2.39. The van der Waals surface area contributed by atoms with E-state index >= 15 is 0 Å². The second kappa shape index (κ2) is 9.94. The number of allylic oxidation sites excluding steroid dienone is 1. The van der Waals surface area contributed by atoms with Crippen LogP contribution < -0.4 is 10.2 Å². The number of nitro groups is 1. The van der Waals surface area contributed by atoms with Gasteiger partial charge in [-0.15, -0.1) is 0 Å². The summed E-state index contributed by atoms with van der Waals surface area (Å²) in [7, 11) is 0. The van der Waals surface area contributed by atoms with Crippen LogP contribution in [0.2, 0.25) is 0 Å². The number of nitro benzene ring substituents is 1. The minimum Gasteiger partial charge on any atom is -0.357 e. The van der Waals surface area contributed by atoms with Crippen LogP contribution in [0.25, 0.3) is 0 Å². The number of rotatable bonds is 5. The zero-order chi connectivity index (χ0) is 27.9. The summed E-state index contributed by atoms with van der Waals surface area (Å²) in [6.45, 7) is 5.75. The van der Waals surface area contributed by atoms with Crippen LogP contribution in [0.3, 0.4) is 0 Å². The molecule has 1 aliphatic heterocycles. The van der Waals surface area contributed by atoms with Gasteiger partial charge in [-0.1, -0.05) is 63.2 Å². The molecule has 1 amide bonds. The van der Waals surface area contributed by atoms with Crippen LogP contribution in [-0.4, -0.2) is 22.4 Å². The van der Waals surface area contributed by atoms with Gasteiger partial charge >= 0.3 is 0 Å². The maximum Gasteiger partial charge on any atom is 0.269 e. The molecule has 1 N–H and O–H groups in total. The van der Waals surface area contributed by atoms with Crippen molar-refractivity contribution in [2.75, 3.05) is 10.2 Å². The summed E-state index contributed by atoms with van der Waals surface area (Å²) >= 11 is 0. The van der Waals surface area contributed by atoms with Crippen molar-refractivity contribution < 1.29 is 19.3 Å². The zero-order valence-electron chi connectivity index (χ0n) is 22.1. The Morgan fingerprint density at radius 2 is 1.74 bits per heavy atom. The van der Waals surface area contributed by atoms with E-state index in [1.54, 1.807) is 66.4 Å². The van der Waals surface area contributed by atoms with Crippen molar-refractivity contribution in [1.82, 2.24) is 0 Å². The molecule has 0 aromatic heterocycles. The van der Waals surface area contributed by atoms with Crippen LogP contribution in [0, 0.1) is 15.5 Å². The molecule has 5 rings (SSSR count). The van der Waals surface area contributed by atoms with Gasteiger partial charge in [0.05, 0.1) is 22.3 Å². The number of nitrogens with one attached hydrogen (secondary N) is 1. The predicted molar refractivity (Wildman–Crippen MR) is 149 cm³/mol. The Bertz CT molecular complexity index is 1540. The van der Waals surface area contributed by atoms with E-state index in [0.29, 0.717) is 45.8 Å². The first-order valence-corrected chi connectivity index (χ1v) is 12.9. The molecule has 0 radical (unpaired) electrons. The van der Waals surface area contributed by atoms with Gasteiger partial charge in [0.1, 0.15) is 0 Å². The van der Waals surface area contributed by atoms with E-state index in [2.05, 4.69) is 5.32 Å². The third-order valence-corrected chi connectivity index (χ3v) is 7.26. The highest BCUT2D eigenvalue weighted by Gasteiger charge is 2.43. The molecular formula is C31H29N3O5. The number of non-ortho nitro benzene ring substituents is 1. The second-order valence-corrected chi connectivity index (χ2v) is 10.8. The highest BCUT2D eigenvalue weighted by molar-refractivity contribution is 6.11. The van der Waals surface area contributed by atoms with Crippen LogP contribution in [0.4, 0.5) is 17.1 Å². The third-order valence-electron chi connectivity index (χ3n) is 7.26. The molecule has 0 saturated carbocycles. The number of amides is 1. The molecule has 0 unspecified atom stereocenters. The average Bonchev–Trinajstić information content (AvgIpc) is 3.06. The number of Topliss-reactive ketones (excluding diaryl/α,β-unsaturated/α-hetero) is 1. The Kier molecular flexibility index (Phi) is 6.64. The van der Waals surface area contributed by atoms with Gasteiger partial charge in [-0.3, -0.25) is 29.4 Å². The van der Waals surface area contributed by atoms with Crippen LogP contribution in [0.5, 0.6) is 0 Å². The van der Waals surface area contributed by atoms with Gasteiger partial charge in [0.2, 0.25) is 5.91 Å². The first-order chi connectivity index (χ1) is 18.6. The van der Waals surface area contributed by atoms with Gasteiger partial charge in [0.25, 0.3) is 5.69 Å². The van der Waals surface area contributed by atoms with Crippen molar-refractivity contribution in [2.24, 2.45) is 5.41 Å². The number of benzene rings is 3. The summed E-state index contributed by atoms with van der Waals surface area (Å²) in [6.07, 6.45) is 0.961. The molecule has 2 aliphatic rings. The summed E-state index contributed by atoms with van der Waals surface area (Å²) in [5.74, 6) is -0.530. The first kappa shape index (κ1) is 26.0. The molecule has 3 aromatic carbocycles. The van der Waals surface area contributed by atoms with Crippen molar-refractivity contribution in [3.8, 4) is 0 Å². The van der Waals surface area contributed by atoms with Gasteiger partial charge < -0.3 is 5.32 Å². The molecule has 39 heavy (non-hydrogen) atoms. The van der Waals surface area contributed by atoms with Crippen molar-refractivity contribution in [3.05, 3.63) is 111 Å². The molecule has 0 saturated heterocycles. The van der Waals surface area contributed by atoms with Gasteiger partial charge in [-0.2, -0.15) is 0 Å². The molecule has 198 valence electrons. The molecule has 8 nitrogen and oxygen atoms in total. The van der Waals surface area contributed by atoms with Crippen LogP contribution in [-0.2, 0) is 9.59 Å². The molecule has 0 fully saturated rings. The fraction of sp³-hybridized carbons (Fsp3) is 0.258. The quantitative estimate of drug-likeness (QED) is 0.236. The SMILES string of the molecule is CCC(=O)N1c2ccc(C(=O)c3ccccc3)cc2NC2=C(C(=O)CC(C)(C)C2)[C@@H]1c1cccc([N+](=O)[O-])c1. The van der Waals surface area contributed by atoms with E-state index in [4.69, 9.17) is 0 Å². The summed E-state index contributed by atoms with van der Waals surface area (Å²) < 4.78 is 0. The number of fused-ring (bicyclic) bond motifs is 1. The summed E-state index contributed by atoms with van der Waals surface area (Å²) in [5, 5.41) is 15.0. The first-order valence-electron chi connectivity index (χ1n) is 12.9. The zero-order valence-corrected chi connectivity index (χ0v) is 22.1. The number of carbonyl (C=O) groups is 3. The average molecular weight is 524 g/mol. The molecule has 1 heterocycles. The molecule has 1 aliphatic carbocycles. The fourth-order valence-corrected chi connectivity index (χ4v) is 5.51. The Morgan fingerprint density at radius 3 is 2.44 bits per heavy atom. The van der Waals surface area contributed by atoms with Gasteiger partial charge in [-0.25, -0.2) is 0 Å². The lowest BCUT2D eigenvalue weighted by molar-refractivity contribution is -0.384. The topological polar surface area (TPSA) is 110 Å². The van der Waals surface area contributed by atoms with Crippen molar-refractivity contribution in [3.63, 3.8) is 0 Å². The van der Waals surface area contributed by atoms with Crippen LogP contribution >= 0.6 is 0 Å². The number of carbonyl (C=O) groups excluding carboxylic acids is 3. The second-order valence-electron chi connectivity index (χ2n) is 10.8. The molecule has 8 heteroatoms. The number of nitrogens with zero attached hydrogens (tertiary/aromatic N) is 2. The maximum atomic E-state index is 13.7. The number of anilines is 2. The Hall–Kier alpha value is -4.59. The van der Waals surface area contributed by atoms with Crippen molar-refractivity contribution in [2.45, 2.75) is 46.1 Å². The standard InChI is InChI=1S/C31H29N3O5/c1-4-27(36)33-25-14-13-21(30(37)19-9-6-5-7-10-19)16-23(25)32-24-17-31(2,3)18-26(35)28(24)29(33)20-11-8-12-22(15-20)34(38)39/h5-16,29,32H,4,17-18H2,1-3H3/t29-/m0/s1. The highest BCUT2D eigenvalue weighted by atomic mass is 16.6. The van der Waals surface area contributed by atoms with E-state index in [9.17, 15) is 24.5 Å². The molecule has 1 atom stereocenters. The van der Waals surface area contributed by atoms with Gasteiger partial charge in [0, 0.05) is 47.4 Å². The van der Waals surface area contributed by atoms with Gasteiger partial charge in [-0.05, 0) is 35.6 Å². The number of hydrogen-bond donors (Lipinski definition) is 1. The Labute approximate surface area is 226 Å². The van der Waals surface area contributed by atoms with Crippen LogP contribution in [0.15, 0.2) is 84.1 Å². The van der Waals surface area contributed by atoms with Crippen molar-refractivity contribution >= 4 is 34.5 Å². The number of hydrogen-bond acceptors (Lipinski definition) is 6. The minimum atomic E-state index is -0.861. The lowest BCUT2D eigenvalue weighted by atomic mass is 9.73. The van der Waals surface area contributed by atoms with E-state index in [0.717, 1.165) is 0 Å². The summed E-state index contributed by atoms with van der Waals surface area (Å²) in [4.78, 5) is 53.3. The van der Waals surface area contributed by atoms with Crippen LogP contribution in [0.1, 0.15) is 67.6 Å². The molecule has 0 bridgehead atoms. The van der Waals surface area contributed by atoms with E-state index in [-0.39, 0.29) is 41.4 Å². The van der Waals surface area contributed by atoms with E-state index in [1.165, 1.54) is 12.1 Å². The van der Waals surface area contributed by atoms with E-state index in [1.807, 2.05) is 19.9 Å². The maximum absolute atomic E-state index is 13.7. The summed E-state index contributed by atoms with van der Waals surface area (Å²) in [5.41, 5.74) is 3.11. The Balaban J connectivity index is 1.75. The van der Waals surface area contributed by atoms with E-state index < -0.39 is 11.0 Å². The largest absolute Gasteiger partial charge is 0.357 e. The van der Waals surface area contributed by atoms with Gasteiger partial charge in [0.15, 0.2) is 11.6 Å². The third kappa shape index (κ3) is 4.85. The number of ketones is 2. The molecular weight excluding hydrogens is 494 g/mol. The molecule has 0 spiro atoms. The predicted octanol–water partition coefficient (Wildman–Crippen LogP) is 6.38.